The Morgan fingerprint density at radius 3 is 2.33 bits per heavy atom. The molecule has 172 valence electrons. The number of fused-ring (bicyclic) bond motifs is 11. The lowest BCUT2D eigenvalue weighted by molar-refractivity contribution is 0.912. The van der Waals surface area contributed by atoms with Crippen molar-refractivity contribution in [3.05, 3.63) is 83.8 Å². The van der Waals surface area contributed by atoms with Crippen molar-refractivity contribution in [2.75, 3.05) is 0 Å². The summed E-state index contributed by atoms with van der Waals surface area (Å²) in [5.74, 6) is 1.88. The molecule has 2 N–H and O–H groups in total. The monoisotopic (exact) mass is 466 g/mol. The highest BCUT2D eigenvalue weighted by molar-refractivity contribution is 6.23. The molecule has 1 aliphatic carbocycles. The zero-order valence-electron chi connectivity index (χ0n) is 20.0. The minimum Gasteiger partial charge on any atom is -0.346 e. The maximum absolute atomic E-state index is 4.77. The van der Waals surface area contributed by atoms with Crippen molar-refractivity contribution < 1.29 is 0 Å². The van der Waals surface area contributed by atoms with Gasteiger partial charge in [0.25, 0.3) is 0 Å². The van der Waals surface area contributed by atoms with Gasteiger partial charge in [-0.05, 0) is 71.7 Å². The Bertz CT molecular complexity index is 2030. The van der Waals surface area contributed by atoms with Crippen LogP contribution in [0.2, 0.25) is 0 Å². The molecule has 1 aliphatic rings. The number of aryl methyl sites for hydroxylation is 4. The number of aromatic amines is 2. The van der Waals surface area contributed by atoms with Gasteiger partial charge in [0.2, 0.25) is 0 Å². The lowest BCUT2D eigenvalue weighted by Gasteiger charge is -2.18. The second-order valence-electron chi connectivity index (χ2n) is 9.80. The first-order valence-electron chi connectivity index (χ1n) is 12.3. The van der Waals surface area contributed by atoms with E-state index in [9.17, 15) is 0 Å². The van der Waals surface area contributed by atoms with Crippen molar-refractivity contribution in [3.8, 4) is 22.4 Å². The topological polar surface area (TPSA) is 83.1 Å². The fourth-order valence-corrected chi connectivity index (χ4v) is 6.03. The average molecular weight is 467 g/mol. The highest BCUT2D eigenvalue weighted by atomic mass is 15.1. The van der Waals surface area contributed by atoms with Crippen LogP contribution >= 0.6 is 0 Å². The maximum atomic E-state index is 4.77. The van der Waals surface area contributed by atoms with E-state index in [0.29, 0.717) is 0 Å². The van der Waals surface area contributed by atoms with E-state index < -0.39 is 0 Å². The normalized spacial score (nSPS) is 13.1. The highest BCUT2D eigenvalue weighted by Crippen LogP contribution is 2.39. The molecule has 6 nitrogen and oxygen atoms in total. The molecule has 0 aliphatic heterocycles. The number of hydrogen-bond donors (Lipinski definition) is 2. The third-order valence-electron chi connectivity index (χ3n) is 7.63. The average Bonchev–Trinajstić information content (AvgIpc) is 3.49. The predicted molar refractivity (Wildman–Crippen MR) is 144 cm³/mol. The van der Waals surface area contributed by atoms with E-state index in [2.05, 4.69) is 68.7 Å². The molecule has 4 aromatic carbocycles. The van der Waals surface area contributed by atoms with Gasteiger partial charge < -0.3 is 9.97 Å². The van der Waals surface area contributed by atoms with Gasteiger partial charge in [0, 0.05) is 27.4 Å². The summed E-state index contributed by atoms with van der Waals surface area (Å²) < 4.78 is 0. The van der Waals surface area contributed by atoms with Gasteiger partial charge in [-0.3, -0.25) is 0 Å². The van der Waals surface area contributed by atoms with Gasteiger partial charge in [0.1, 0.15) is 11.6 Å². The van der Waals surface area contributed by atoms with E-state index in [1.807, 2.05) is 26.2 Å². The van der Waals surface area contributed by atoms with Gasteiger partial charge in [-0.15, -0.1) is 0 Å². The van der Waals surface area contributed by atoms with Crippen LogP contribution in [0.1, 0.15) is 22.9 Å². The van der Waals surface area contributed by atoms with Crippen LogP contribution in [0.3, 0.4) is 0 Å². The largest absolute Gasteiger partial charge is 0.346 e. The zero-order chi connectivity index (χ0) is 24.0. The Hall–Kier alpha value is -4.58. The Morgan fingerprint density at radius 1 is 0.667 bits per heavy atom. The Balaban J connectivity index is 1.32. The third-order valence-corrected chi connectivity index (χ3v) is 7.63. The van der Waals surface area contributed by atoms with E-state index in [4.69, 9.17) is 9.97 Å². The SMILES string of the molecule is Cc1nc2c([nH]1)CCc1c-2ccc2cc(-c3ccc4c(c3)c3cnncc3c3nc(C)[nH]c43)ccc12. The maximum Gasteiger partial charge on any atom is 0.104 e. The second kappa shape index (κ2) is 6.98. The number of nitrogens with one attached hydrogen (secondary N) is 2. The fourth-order valence-electron chi connectivity index (χ4n) is 6.03. The van der Waals surface area contributed by atoms with Gasteiger partial charge in [0.15, 0.2) is 0 Å². The van der Waals surface area contributed by atoms with Gasteiger partial charge in [0.05, 0.1) is 29.1 Å². The van der Waals surface area contributed by atoms with Crippen molar-refractivity contribution in [2.24, 2.45) is 0 Å². The van der Waals surface area contributed by atoms with Gasteiger partial charge in [-0.25, -0.2) is 9.97 Å². The smallest absolute Gasteiger partial charge is 0.104 e. The third kappa shape index (κ3) is 2.67. The van der Waals surface area contributed by atoms with Crippen molar-refractivity contribution in [3.63, 3.8) is 0 Å². The lowest BCUT2D eigenvalue weighted by Crippen LogP contribution is -2.04. The van der Waals surface area contributed by atoms with Crippen LogP contribution in [-0.4, -0.2) is 30.1 Å². The minimum absolute atomic E-state index is 0.898. The summed E-state index contributed by atoms with van der Waals surface area (Å²) in [6, 6.07) is 18.0. The molecule has 7 aromatic rings. The van der Waals surface area contributed by atoms with E-state index in [0.717, 1.165) is 62.8 Å². The molecule has 0 fully saturated rings. The van der Waals surface area contributed by atoms with Crippen molar-refractivity contribution in [1.82, 2.24) is 30.1 Å². The van der Waals surface area contributed by atoms with Crippen LogP contribution in [-0.2, 0) is 12.8 Å². The molecule has 0 radical (unpaired) electrons. The lowest BCUT2D eigenvalue weighted by atomic mass is 9.87. The Morgan fingerprint density at radius 2 is 1.44 bits per heavy atom. The first kappa shape index (κ1) is 19.7. The van der Waals surface area contributed by atoms with Gasteiger partial charge >= 0.3 is 0 Å². The molecule has 0 unspecified atom stereocenters. The van der Waals surface area contributed by atoms with Crippen molar-refractivity contribution in [1.29, 1.82) is 0 Å². The molecule has 36 heavy (non-hydrogen) atoms. The van der Waals surface area contributed by atoms with Crippen LogP contribution in [0.4, 0.5) is 0 Å². The molecule has 3 heterocycles. The molecule has 0 bridgehead atoms. The summed E-state index contributed by atoms with van der Waals surface area (Å²) in [6.45, 7) is 4.02. The number of nitrogens with zero attached hydrogens (tertiary/aromatic N) is 4. The number of imidazole rings is 2. The molecule has 0 amide bonds. The van der Waals surface area contributed by atoms with Gasteiger partial charge in [-0.1, -0.05) is 36.4 Å². The van der Waals surface area contributed by atoms with E-state index in [-0.39, 0.29) is 0 Å². The number of aromatic nitrogens is 6. The van der Waals surface area contributed by atoms with Crippen LogP contribution < -0.4 is 0 Å². The summed E-state index contributed by atoms with van der Waals surface area (Å²) in [7, 11) is 0. The molecule has 3 aromatic heterocycles. The minimum atomic E-state index is 0.898. The summed E-state index contributed by atoms with van der Waals surface area (Å²) >= 11 is 0. The number of benzene rings is 4. The summed E-state index contributed by atoms with van der Waals surface area (Å²) in [5, 5.41) is 15.3. The van der Waals surface area contributed by atoms with E-state index >= 15 is 0 Å². The van der Waals surface area contributed by atoms with Crippen molar-refractivity contribution >= 4 is 43.4 Å². The quantitative estimate of drug-likeness (QED) is 0.268. The van der Waals surface area contributed by atoms with Crippen LogP contribution in [0, 0.1) is 13.8 Å². The molecule has 0 saturated carbocycles. The van der Waals surface area contributed by atoms with E-state index in [1.54, 1.807) is 0 Å². The molecular weight excluding hydrogens is 444 g/mol. The first-order valence-corrected chi connectivity index (χ1v) is 12.3. The predicted octanol–water partition coefficient (Wildman–Crippen LogP) is 6.59. The van der Waals surface area contributed by atoms with Crippen LogP contribution in [0.5, 0.6) is 0 Å². The first-order chi connectivity index (χ1) is 17.6. The molecular formula is C30H22N6. The fraction of sp³-hybridized carbons (Fsp3) is 0.133. The number of hydrogen-bond acceptors (Lipinski definition) is 4. The molecule has 6 heteroatoms. The van der Waals surface area contributed by atoms with Crippen LogP contribution in [0.25, 0.3) is 65.7 Å². The molecule has 8 rings (SSSR count). The number of H-pyrrole nitrogens is 2. The Kier molecular flexibility index (Phi) is 3.82. The Labute approximate surface area is 206 Å². The second-order valence-corrected chi connectivity index (χ2v) is 9.80. The molecule has 0 atom stereocenters. The summed E-state index contributed by atoms with van der Waals surface area (Å²) in [6.07, 6.45) is 5.70. The molecule has 0 saturated heterocycles. The standard InChI is InChI=1S/C30H22N6/c1-15-33-27-10-9-21-20-6-3-17(11-19(20)5-8-22(21)28(27)34-15)18-4-7-23-24(12-18)25-13-31-32-14-26(25)30-29(23)35-16(2)36-30/h3-8,11-14H,9-10H2,1-2H3,(H,33,34)(H,35,36). The summed E-state index contributed by atoms with van der Waals surface area (Å²) in [5.41, 5.74) is 9.41. The number of rotatable bonds is 1. The highest BCUT2D eigenvalue weighted by Gasteiger charge is 2.21. The molecule has 0 spiro atoms. The van der Waals surface area contributed by atoms with Crippen molar-refractivity contribution in [2.45, 2.75) is 26.7 Å². The summed E-state index contributed by atoms with van der Waals surface area (Å²) in [4.78, 5) is 16.4. The van der Waals surface area contributed by atoms with Crippen LogP contribution in [0.15, 0.2) is 60.9 Å². The van der Waals surface area contributed by atoms with E-state index in [1.165, 1.54) is 38.7 Å². The van der Waals surface area contributed by atoms with Gasteiger partial charge in [-0.2, -0.15) is 10.2 Å². The zero-order valence-corrected chi connectivity index (χ0v) is 20.0.